The van der Waals surface area contributed by atoms with Gasteiger partial charge in [-0.1, -0.05) is 6.92 Å². The number of esters is 1. The molecule has 0 unspecified atom stereocenters. The summed E-state index contributed by atoms with van der Waals surface area (Å²) in [4.78, 5) is 25.1. The van der Waals surface area contributed by atoms with Gasteiger partial charge in [-0.15, -0.1) is 0 Å². The van der Waals surface area contributed by atoms with Gasteiger partial charge in [0.05, 0.1) is 41.5 Å². The van der Waals surface area contributed by atoms with Crippen LogP contribution in [0.3, 0.4) is 0 Å². The molecule has 14 heteroatoms. The van der Waals surface area contributed by atoms with Crippen LogP contribution in [0.1, 0.15) is 78.1 Å². The van der Waals surface area contributed by atoms with Crippen molar-refractivity contribution in [2.75, 3.05) is 20.3 Å². The van der Waals surface area contributed by atoms with Gasteiger partial charge in [-0.3, -0.25) is 0 Å². The first-order valence-electron chi connectivity index (χ1n) is 18.3. The lowest BCUT2D eigenvalue weighted by Crippen LogP contribution is -2.69. The lowest BCUT2D eigenvalue weighted by atomic mass is 9.41. The van der Waals surface area contributed by atoms with E-state index in [1.165, 1.54) is 7.11 Å². The second-order valence-corrected chi connectivity index (χ2v) is 16.3. The van der Waals surface area contributed by atoms with Crippen LogP contribution in [-0.2, 0) is 38.0 Å². The normalized spacial score (nSPS) is 53.5. The van der Waals surface area contributed by atoms with Gasteiger partial charge >= 0.3 is 5.97 Å². The number of hydrogen-bond acceptors (Lipinski definition) is 14. The Labute approximate surface area is 292 Å². The van der Waals surface area contributed by atoms with Crippen molar-refractivity contribution in [3.05, 3.63) is 11.6 Å². The number of hydrogen-bond donors (Lipinski definition) is 6. The Morgan fingerprint density at radius 1 is 0.960 bits per heavy atom. The van der Waals surface area contributed by atoms with E-state index in [-0.39, 0.29) is 43.2 Å². The molecule has 282 valence electrons. The fourth-order valence-electron chi connectivity index (χ4n) is 11.5. The molecule has 2 saturated heterocycles. The highest BCUT2D eigenvalue weighted by Gasteiger charge is 2.71. The van der Waals surface area contributed by atoms with Crippen molar-refractivity contribution in [2.45, 2.75) is 151 Å². The van der Waals surface area contributed by atoms with E-state index in [1.807, 2.05) is 0 Å². The van der Waals surface area contributed by atoms with Crippen molar-refractivity contribution < 1.29 is 68.6 Å². The van der Waals surface area contributed by atoms with Gasteiger partial charge in [0.25, 0.3) is 0 Å². The molecule has 17 atom stereocenters. The van der Waals surface area contributed by atoms with Crippen LogP contribution in [0, 0.1) is 28.6 Å². The second kappa shape index (κ2) is 13.4. The summed E-state index contributed by atoms with van der Waals surface area (Å²) in [5, 5.41) is 65.3. The number of cyclic esters (lactones) is 1. The standard InChI is InChI=1S/C36H54O14/c1-18-31(50-32-30(42)29(41)28(40)25(15-37)49-32)24(45-3)13-27(47-18)48-20-4-9-34(17-38)22-5-8-33(2)21(19-12-26(39)46-16-19)7-11-36(33,44)23(22)6-10-35(34,43)14-20/h12,17-18,20-25,27-32,37,40-44H,4-11,13-16H2,1-3H3/t18-,20-,21-,22+,23-,24+,25-,27-,28-,29+,30-,31+,32-,33-,34-,35+,36-/m0/s1. The molecule has 7 rings (SSSR count). The van der Waals surface area contributed by atoms with Crippen LogP contribution in [0.5, 0.6) is 0 Å². The maximum absolute atomic E-state index is 13.2. The molecule has 0 spiro atoms. The summed E-state index contributed by atoms with van der Waals surface area (Å²) in [5.74, 6) is -0.635. The molecule has 7 aliphatic rings. The van der Waals surface area contributed by atoms with Crippen LogP contribution >= 0.6 is 0 Å². The first kappa shape index (κ1) is 36.8. The number of carbonyl (C=O) groups is 2. The molecule has 0 radical (unpaired) electrons. The number of fused-ring (bicyclic) bond motifs is 5. The van der Waals surface area contributed by atoms with Crippen molar-refractivity contribution in [3.8, 4) is 0 Å². The van der Waals surface area contributed by atoms with E-state index in [0.717, 1.165) is 18.3 Å². The summed E-state index contributed by atoms with van der Waals surface area (Å²) >= 11 is 0. The summed E-state index contributed by atoms with van der Waals surface area (Å²) in [6.45, 7) is 3.57. The number of methoxy groups -OCH3 is 1. The average Bonchev–Trinajstić information content (AvgIpc) is 3.64. The van der Waals surface area contributed by atoms with Gasteiger partial charge in [0.1, 0.15) is 43.4 Å². The number of rotatable bonds is 8. The van der Waals surface area contributed by atoms with Crippen molar-refractivity contribution >= 4 is 12.3 Å². The number of aliphatic hydroxyl groups excluding tert-OH is 4. The third-order valence-corrected chi connectivity index (χ3v) is 14.2. The molecule has 4 aliphatic carbocycles. The van der Waals surface area contributed by atoms with Gasteiger partial charge in [0.15, 0.2) is 12.6 Å². The maximum atomic E-state index is 13.2. The van der Waals surface area contributed by atoms with Crippen molar-refractivity contribution in [3.63, 3.8) is 0 Å². The van der Waals surface area contributed by atoms with Gasteiger partial charge in [-0.05, 0) is 81.6 Å². The van der Waals surface area contributed by atoms with Crippen LogP contribution in [0.4, 0.5) is 0 Å². The number of carbonyl (C=O) groups excluding carboxylic acids is 2. The molecule has 6 N–H and O–H groups in total. The highest BCUT2D eigenvalue weighted by atomic mass is 16.7. The minimum Gasteiger partial charge on any atom is -0.458 e. The van der Waals surface area contributed by atoms with Crippen LogP contribution < -0.4 is 0 Å². The lowest BCUT2D eigenvalue weighted by molar-refractivity contribution is -0.346. The molecule has 0 aromatic rings. The van der Waals surface area contributed by atoms with Crippen molar-refractivity contribution in [1.82, 2.24) is 0 Å². The predicted molar refractivity (Wildman–Crippen MR) is 171 cm³/mol. The van der Waals surface area contributed by atoms with E-state index < -0.39 is 90.1 Å². The van der Waals surface area contributed by atoms with Gasteiger partial charge in [0, 0.05) is 31.4 Å². The summed E-state index contributed by atoms with van der Waals surface area (Å²) in [7, 11) is 1.51. The Balaban J connectivity index is 1.01. The Kier molecular flexibility index (Phi) is 9.84. The monoisotopic (exact) mass is 710 g/mol. The summed E-state index contributed by atoms with van der Waals surface area (Å²) in [6.07, 6.45) is -2.52. The minimum atomic E-state index is -1.58. The first-order chi connectivity index (χ1) is 23.7. The summed E-state index contributed by atoms with van der Waals surface area (Å²) in [6, 6.07) is 0. The molecule has 14 nitrogen and oxygen atoms in total. The predicted octanol–water partition coefficient (Wildman–Crippen LogP) is 0.258. The third kappa shape index (κ3) is 5.55. The van der Waals surface area contributed by atoms with Gasteiger partial charge in [-0.2, -0.15) is 0 Å². The zero-order chi connectivity index (χ0) is 35.8. The number of aldehydes is 1. The van der Waals surface area contributed by atoms with E-state index in [9.17, 15) is 40.2 Å². The van der Waals surface area contributed by atoms with Crippen LogP contribution in [-0.4, -0.2) is 136 Å². The van der Waals surface area contributed by atoms with E-state index in [0.29, 0.717) is 44.9 Å². The lowest BCUT2D eigenvalue weighted by Gasteiger charge is -2.65. The third-order valence-electron chi connectivity index (χ3n) is 14.2. The topological polar surface area (TPSA) is 211 Å². The smallest absolute Gasteiger partial charge is 0.331 e. The van der Waals surface area contributed by atoms with E-state index in [4.69, 9.17) is 28.4 Å². The molecule has 0 bridgehead atoms. The van der Waals surface area contributed by atoms with Crippen LogP contribution in [0.15, 0.2) is 11.6 Å². The van der Waals surface area contributed by atoms with Gasteiger partial charge < -0.3 is 63.9 Å². The zero-order valence-corrected chi connectivity index (χ0v) is 29.1. The molecule has 0 amide bonds. The quantitative estimate of drug-likeness (QED) is 0.113. The fourth-order valence-corrected chi connectivity index (χ4v) is 11.5. The number of aliphatic hydroxyl groups is 6. The van der Waals surface area contributed by atoms with Crippen molar-refractivity contribution in [2.24, 2.45) is 28.6 Å². The summed E-state index contributed by atoms with van der Waals surface area (Å²) < 4.78 is 35.2. The summed E-state index contributed by atoms with van der Waals surface area (Å²) in [5.41, 5.74) is -2.86. The SMILES string of the molecule is CO[C@@H]1C[C@H](O[C@H]2CC[C@]3(C=O)[C@@H]4CC[C@@]5(C)[C@H](C6=CC(=O)OC6)CC[C@]5(O)[C@H]4CC[C@@]3(O)C2)O[C@@H](C)[C@H]1O[C@@H]1O[C@@H](CO)[C@H](O)[C@@H](O)[C@@H]1O. The molecular weight excluding hydrogens is 656 g/mol. The van der Waals surface area contributed by atoms with E-state index >= 15 is 0 Å². The highest BCUT2D eigenvalue weighted by molar-refractivity contribution is 5.85. The van der Waals surface area contributed by atoms with E-state index in [2.05, 4.69) is 6.92 Å². The Morgan fingerprint density at radius 2 is 1.72 bits per heavy atom. The molecule has 0 aromatic heterocycles. The minimum absolute atomic E-state index is 0.0352. The molecule has 3 heterocycles. The molecule has 4 saturated carbocycles. The fraction of sp³-hybridized carbons (Fsp3) is 0.889. The Morgan fingerprint density at radius 3 is 2.40 bits per heavy atom. The van der Waals surface area contributed by atoms with Crippen LogP contribution in [0.2, 0.25) is 0 Å². The average molecular weight is 711 g/mol. The number of ether oxygens (including phenoxy) is 6. The molecule has 6 fully saturated rings. The first-order valence-corrected chi connectivity index (χ1v) is 18.3. The Bertz CT molecular complexity index is 1330. The maximum Gasteiger partial charge on any atom is 0.331 e. The molecule has 3 aliphatic heterocycles. The molecular formula is C36H54O14. The van der Waals surface area contributed by atoms with Crippen LogP contribution in [0.25, 0.3) is 0 Å². The van der Waals surface area contributed by atoms with E-state index in [1.54, 1.807) is 13.0 Å². The Hall–Kier alpha value is -1.56. The second-order valence-electron chi connectivity index (χ2n) is 16.3. The van der Waals surface area contributed by atoms with Gasteiger partial charge in [0.2, 0.25) is 0 Å². The largest absolute Gasteiger partial charge is 0.458 e. The van der Waals surface area contributed by atoms with Crippen molar-refractivity contribution in [1.29, 1.82) is 0 Å². The molecule has 50 heavy (non-hydrogen) atoms. The highest BCUT2D eigenvalue weighted by Crippen LogP contribution is 2.70. The molecule has 0 aromatic carbocycles. The zero-order valence-electron chi connectivity index (χ0n) is 29.1. The van der Waals surface area contributed by atoms with Gasteiger partial charge in [-0.25, -0.2) is 4.79 Å².